The number of rotatable bonds is 4. The fourth-order valence-electron chi connectivity index (χ4n) is 3.06. The number of nitrogens with one attached hydrogen (secondary N) is 1. The second kappa shape index (κ2) is 6.80. The van der Waals surface area contributed by atoms with E-state index in [4.69, 9.17) is 5.26 Å². The van der Waals surface area contributed by atoms with Crippen LogP contribution in [0.5, 0.6) is 0 Å². The minimum atomic E-state index is 0.238. The molecule has 0 radical (unpaired) electrons. The second-order valence-corrected chi connectivity index (χ2v) is 6.24. The highest BCUT2D eigenvalue weighted by Gasteiger charge is 2.25. The van der Waals surface area contributed by atoms with Gasteiger partial charge in [-0.2, -0.15) is 10.4 Å². The van der Waals surface area contributed by atoms with Gasteiger partial charge in [0.2, 0.25) is 5.95 Å². The van der Waals surface area contributed by atoms with E-state index in [9.17, 15) is 0 Å². The highest BCUT2D eigenvalue weighted by Crippen LogP contribution is 2.22. The van der Waals surface area contributed by atoms with E-state index in [1.807, 2.05) is 31.4 Å². The molecular weight excluding hydrogens is 328 g/mol. The Bertz CT molecular complexity index is 958. The lowest BCUT2D eigenvalue weighted by Crippen LogP contribution is -2.27. The molecule has 0 bridgehead atoms. The average Bonchev–Trinajstić information content (AvgIpc) is 3.31. The summed E-state index contributed by atoms with van der Waals surface area (Å²) in [6.45, 7) is 1.65. The van der Waals surface area contributed by atoms with E-state index in [2.05, 4.69) is 36.3 Å². The van der Waals surface area contributed by atoms with Crippen molar-refractivity contribution in [2.24, 2.45) is 7.05 Å². The minimum absolute atomic E-state index is 0.238. The Morgan fingerprint density at radius 2 is 2.19 bits per heavy atom. The number of aromatic nitrogens is 5. The number of hydrogen-bond donors (Lipinski definition) is 1. The van der Waals surface area contributed by atoms with Gasteiger partial charge in [-0.1, -0.05) is 6.07 Å². The van der Waals surface area contributed by atoms with Crippen LogP contribution in [0.15, 0.2) is 42.9 Å². The second-order valence-electron chi connectivity index (χ2n) is 6.24. The van der Waals surface area contributed by atoms with Gasteiger partial charge < -0.3 is 10.2 Å². The standard InChI is InChI=1S/C18H18N8/c1-25-11-13(10-21-25)16-5-7-20-18(24-16)26-8-6-15(12-26)23-17-4-2-3-14(9-19)22-17/h2-5,7,10-11,15H,6,8,12H2,1H3,(H,22,23). The van der Waals surface area contributed by atoms with Crippen molar-refractivity contribution in [1.82, 2.24) is 24.7 Å². The van der Waals surface area contributed by atoms with Crippen LogP contribution >= 0.6 is 0 Å². The maximum absolute atomic E-state index is 8.96. The number of pyridine rings is 1. The average molecular weight is 346 g/mol. The van der Waals surface area contributed by atoms with E-state index in [1.54, 1.807) is 23.1 Å². The summed E-state index contributed by atoms with van der Waals surface area (Å²) in [7, 11) is 1.89. The van der Waals surface area contributed by atoms with E-state index in [-0.39, 0.29) is 6.04 Å². The molecule has 0 amide bonds. The molecule has 1 N–H and O–H groups in total. The predicted octanol–water partition coefficient (Wildman–Crippen LogP) is 1.83. The van der Waals surface area contributed by atoms with Gasteiger partial charge >= 0.3 is 0 Å². The summed E-state index contributed by atoms with van der Waals surface area (Å²) >= 11 is 0. The Balaban J connectivity index is 1.46. The lowest BCUT2D eigenvalue weighted by molar-refractivity contribution is 0.768. The van der Waals surface area contributed by atoms with Crippen molar-refractivity contribution in [1.29, 1.82) is 5.26 Å². The van der Waals surface area contributed by atoms with Gasteiger partial charge in [-0.05, 0) is 24.6 Å². The monoisotopic (exact) mass is 346 g/mol. The van der Waals surface area contributed by atoms with E-state index in [0.29, 0.717) is 5.69 Å². The number of hydrogen-bond acceptors (Lipinski definition) is 7. The predicted molar refractivity (Wildman–Crippen MR) is 97.4 cm³/mol. The summed E-state index contributed by atoms with van der Waals surface area (Å²) in [4.78, 5) is 15.5. The molecular formula is C18H18N8. The maximum atomic E-state index is 8.96. The van der Waals surface area contributed by atoms with E-state index in [0.717, 1.165) is 42.5 Å². The van der Waals surface area contributed by atoms with Crippen LogP contribution < -0.4 is 10.2 Å². The van der Waals surface area contributed by atoms with Crippen molar-refractivity contribution in [3.05, 3.63) is 48.5 Å². The molecule has 4 heterocycles. The van der Waals surface area contributed by atoms with Gasteiger partial charge in [-0.25, -0.2) is 15.0 Å². The zero-order valence-electron chi connectivity index (χ0n) is 14.4. The molecule has 4 rings (SSSR count). The molecule has 1 atom stereocenters. The van der Waals surface area contributed by atoms with Gasteiger partial charge in [-0.15, -0.1) is 0 Å². The van der Waals surface area contributed by atoms with E-state index >= 15 is 0 Å². The van der Waals surface area contributed by atoms with Crippen molar-refractivity contribution in [2.45, 2.75) is 12.5 Å². The lowest BCUT2D eigenvalue weighted by atomic mass is 10.2. The molecule has 0 aromatic carbocycles. The van der Waals surface area contributed by atoms with Gasteiger partial charge in [-0.3, -0.25) is 4.68 Å². The Morgan fingerprint density at radius 1 is 1.27 bits per heavy atom. The molecule has 1 aliphatic rings. The molecule has 130 valence electrons. The fraction of sp³-hybridized carbons (Fsp3) is 0.278. The summed E-state index contributed by atoms with van der Waals surface area (Å²) in [5, 5.41) is 16.6. The highest BCUT2D eigenvalue weighted by atomic mass is 15.3. The Kier molecular flexibility index (Phi) is 4.19. The fourth-order valence-corrected chi connectivity index (χ4v) is 3.06. The maximum Gasteiger partial charge on any atom is 0.225 e. The van der Waals surface area contributed by atoms with Crippen LogP contribution in [0, 0.1) is 11.3 Å². The molecule has 1 saturated heterocycles. The molecule has 0 spiro atoms. The Morgan fingerprint density at radius 3 is 3.00 bits per heavy atom. The van der Waals surface area contributed by atoms with Gasteiger partial charge in [0.05, 0.1) is 11.9 Å². The van der Waals surface area contributed by atoms with Gasteiger partial charge in [0.15, 0.2) is 0 Å². The van der Waals surface area contributed by atoms with Crippen molar-refractivity contribution >= 4 is 11.8 Å². The molecule has 3 aromatic heterocycles. The lowest BCUT2D eigenvalue weighted by Gasteiger charge is -2.17. The molecule has 8 heteroatoms. The molecule has 3 aromatic rings. The molecule has 1 fully saturated rings. The van der Waals surface area contributed by atoms with Crippen LogP contribution in [0.1, 0.15) is 12.1 Å². The molecule has 1 unspecified atom stereocenters. The van der Waals surface area contributed by atoms with Crippen LogP contribution in [-0.2, 0) is 7.05 Å². The molecule has 1 aliphatic heterocycles. The van der Waals surface area contributed by atoms with Crippen molar-refractivity contribution in [3.8, 4) is 17.3 Å². The van der Waals surface area contributed by atoms with Crippen molar-refractivity contribution in [2.75, 3.05) is 23.3 Å². The molecule has 0 aliphatic carbocycles. The largest absolute Gasteiger partial charge is 0.365 e. The first-order chi connectivity index (χ1) is 12.7. The quantitative estimate of drug-likeness (QED) is 0.770. The van der Waals surface area contributed by atoms with Gasteiger partial charge in [0, 0.05) is 44.1 Å². The zero-order valence-corrected chi connectivity index (χ0v) is 14.4. The highest BCUT2D eigenvalue weighted by molar-refractivity contribution is 5.58. The number of aryl methyl sites for hydroxylation is 1. The first-order valence-electron chi connectivity index (χ1n) is 8.42. The summed E-state index contributed by atoms with van der Waals surface area (Å²) in [5.74, 6) is 1.44. The molecule has 8 nitrogen and oxygen atoms in total. The van der Waals surface area contributed by atoms with E-state index in [1.165, 1.54) is 0 Å². The third kappa shape index (κ3) is 3.32. The van der Waals surface area contributed by atoms with Crippen LogP contribution in [0.25, 0.3) is 11.3 Å². The Hall–Kier alpha value is -3.47. The van der Waals surface area contributed by atoms with Crippen LogP contribution in [0.2, 0.25) is 0 Å². The van der Waals surface area contributed by atoms with Crippen LogP contribution in [-0.4, -0.2) is 43.9 Å². The summed E-state index contributed by atoms with van der Waals surface area (Å²) < 4.78 is 1.76. The number of nitriles is 1. The third-order valence-corrected chi connectivity index (χ3v) is 4.33. The first kappa shape index (κ1) is 16.0. The third-order valence-electron chi connectivity index (χ3n) is 4.33. The molecule has 0 saturated carbocycles. The number of anilines is 2. The number of nitrogens with zero attached hydrogens (tertiary/aromatic N) is 7. The molecule has 26 heavy (non-hydrogen) atoms. The topological polar surface area (TPSA) is 95.6 Å². The minimum Gasteiger partial charge on any atom is -0.365 e. The van der Waals surface area contributed by atoms with Crippen LogP contribution in [0.3, 0.4) is 0 Å². The first-order valence-corrected chi connectivity index (χ1v) is 8.42. The van der Waals surface area contributed by atoms with Crippen molar-refractivity contribution in [3.63, 3.8) is 0 Å². The van der Waals surface area contributed by atoms with Gasteiger partial charge in [0.1, 0.15) is 17.6 Å². The van der Waals surface area contributed by atoms with Crippen molar-refractivity contribution < 1.29 is 0 Å². The normalized spacial score (nSPS) is 16.5. The van der Waals surface area contributed by atoms with Crippen LogP contribution in [0.4, 0.5) is 11.8 Å². The van der Waals surface area contributed by atoms with E-state index < -0.39 is 0 Å². The summed E-state index contributed by atoms with van der Waals surface area (Å²) in [6, 6.07) is 9.60. The Labute approximate surface area is 151 Å². The summed E-state index contributed by atoms with van der Waals surface area (Å²) in [5.41, 5.74) is 2.25. The smallest absolute Gasteiger partial charge is 0.225 e. The zero-order chi connectivity index (χ0) is 17.9. The van der Waals surface area contributed by atoms with Gasteiger partial charge in [0.25, 0.3) is 0 Å². The summed E-state index contributed by atoms with van der Waals surface area (Å²) in [6.07, 6.45) is 6.48. The SMILES string of the molecule is Cn1cc(-c2ccnc(N3CCC(Nc4cccc(C#N)n4)C3)n2)cn1.